The van der Waals surface area contributed by atoms with E-state index in [1.165, 1.54) is 11.8 Å². The zero-order valence-corrected chi connectivity index (χ0v) is 16.1. The number of carbonyl (C=O) groups is 2. The molecule has 0 bridgehead atoms. The van der Waals surface area contributed by atoms with Crippen LogP contribution < -0.4 is 20.1 Å². The van der Waals surface area contributed by atoms with E-state index in [1.807, 2.05) is 49.4 Å². The molecule has 1 atom stereocenters. The van der Waals surface area contributed by atoms with Crippen LogP contribution in [0.25, 0.3) is 0 Å². The van der Waals surface area contributed by atoms with Crippen molar-refractivity contribution in [2.75, 3.05) is 19.0 Å². The minimum atomic E-state index is -0.435. The van der Waals surface area contributed by atoms with Crippen LogP contribution in [0.15, 0.2) is 47.4 Å². The minimum absolute atomic E-state index is 0.124. The summed E-state index contributed by atoms with van der Waals surface area (Å²) in [6.07, 6.45) is 0.124. The van der Waals surface area contributed by atoms with Gasteiger partial charge in [0.2, 0.25) is 11.8 Å². The fourth-order valence-corrected chi connectivity index (χ4v) is 3.88. The molecule has 0 aliphatic carbocycles. The number of rotatable bonds is 7. The number of amides is 2. The van der Waals surface area contributed by atoms with Crippen molar-refractivity contribution in [2.45, 2.75) is 30.0 Å². The van der Waals surface area contributed by atoms with Crippen LogP contribution in [0.5, 0.6) is 11.5 Å². The van der Waals surface area contributed by atoms with Crippen molar-refractivity contribution in [3.8, 4) is 11.5 Å². The fourth-order valence-electron chi connectivity index (χ4n) is 2.76. The average Bonchev–Trinajstić information content (AvgIpc) is 2.68. The van der Waals surface area contributed by atoms with E-state index in [0.717, 1.165) is 16.1 Å². The summed E-state index contributed by atoms with van der Waals surface area (Å²) in [5, 5.41) is 5.28. The molecule has 2 amide bonds. The summed E-state index contributed by atoms with van der Waals surface area (Å²) in [5.41, 5.74) is 1.69. The highest BCUT2D eigenvalue weighted by molar-refractivity contribution is 8.01. The molecule has 0 fully saturated rings. The number of fused-ring (bicyclic) bond motifs is 1. The standard InChI is InChI=1S/C20H22N2O4S/c1-3-26-15-9-8-13(10-16(15)25-2)12-21-19(23)11-18-20(24)22-14-6-4-5-7-17(14)27-18/h4-10,18H,3,11-12H2,1-2H3,(H,21,23)(H,22,24). The monoisotopic (exact) mass is 386 g/mol. The van der Waals surface area contributed by atoms with Crippen LogP contribution >= 0.6 is 11.8 Å². The summed E-state index contributed by atoms with van der Waals surface area (Å²) in [6.45, 7) is 2.82. The molecule has 2 aromatic rings. The lowest BCUT2D eigenvalue weighted by atomic mass is 10.2. The number of hydrogen-bond donors (Lipinski definition) is 2. The molecule has 0 spiro atoms. The summed E-state index contributed by atoms with van der Waals surface area (Å²) in [7, 11) is 1.58. The molecular weight excluding hydrogens is 364 g/mol. The highest BCUT2D eigenvalue weighted by Crippen LogP contribution is 2.36. The number of methoxy groups -OCH3 is 1. The molecule has 1 aliphatic rings. The second-order valence-corrected chi connectivity index (χ2v) is 7.24. The van der Waals surface area contributed by atoms with Crippen LogP contribution in [0.3, 0.4) is 0 Å². The minimum Gasteiger partial charge on any atom is -0.493 e. The SMILES string of the molecule is CCOc1ccc(CNC(=O)CC2Sc3ccccc3NC2=O)cc1OC. The Kier molecular flexibility index (Phi) is 6.24. The van der Waals surface area contributed by atoms with Crippen molar-refractivity contribution in [3.05, 3.63) is 48.0 Å². The van der Waals surface area contributed by atoms with E-state index < -0.39 is 5.25 Å². The van der Waals surface area contributed by atoms with Gasteiger partial charge in [0.05, 0.1) is 24.7 Å². The van der Waals surface area contributed by atoms with Crippen LogP contribution in [-0.2, 0) is 16.1 Å². The predicted molar refractivity (Wildman–Crippen MR) is 105 cm³/mol. The van der Waals surface area contributed by atoms with Crippen molar-refractivity contribution in [3.63, 3.8) is 0 Å². The van der Waals surface area contributed by atoms with Crippen molar-refractivity contribution in [1.82, 2.24) is 5.32 Å². The zero-order valence-electron chi connectivity index (χ0n) is 15.3. The molecule has 1 aliphatic heterocycles. The smallest absolute Gasteiger partial charge is 0.238 e. The normalized spacial score (nSPS) is 15.5. The van der Waals surface area contributed by atoms with Gasteiger partial charge in [-0.25, -0.2) is 0 Å². The lowest BCUT2D eigenvalue weighted by molar-refractivity contribution is -0.124. The highest BCUT2D eigenvalue weighted by atomic mass is 32.2. The molecule has 2 aromatic carbocycles. The maximum absolute atomic E-state index is 12.3. The Morgan fingerprint density at radius 1 is 1.22 bits per heavy atom. The number of carbonyl (C=O) groups excluding carboxylic acids is 2. The molecule has 0 saturated carbocycles. The van der Waals surface area contributed by atoms with Gasteiger partial charge < -0.3 is 20.1 Å². The van der Waals surface area contributed by atoms with Crippen LogP contribution in [0.2, 0.25) is 0 Å². The summed E-state index contributed by atoms with van der Waals surface area (Å²) in [6, 6.07) is 13.1. The quantitative estimate of drug-likeness (QED) is 0.764. The number of hydrogen-bond acceptors (Lipinski definition) is 5. The van der Waals surface area contributed by atoms with Gasteiger partial charge in [0.1, 0.15) is 0 Å². The average molecular weight is 386 g/mol. The molecular formula is C20H22N2O4S. The van der Waals surface area contributed by atoms with Crippen molar-refractivity contribution >= 4 is 29.3 Å². The number of nitrogens with one attached hydrogen (secondary N) is 2. The van der Waals surface area contributed by atoms with Gasteiger partial charge in [-0.3, -0.25) is 9.59 Å². The highest BCUT2D eigenvalue weighted by Gasteiger charge is 2.28. The molecule has 3 rings (SSSR count). The topological polar surface area (TPSA) is 76.7 Å². The number of anilines is 1. The first-order valence-corrected chi connectivity index (χ1v) is 9.61. The van der Waals surface area contributed by atoms with Crippen LogP contribution in [-0.4, -0.2) is 30.8 Å². The van der Waals surface area contributed by atoms with Crippen LogP contribution in [0.1, 0.15) is 18.9 Å². The van der Waals surface area contributed by atoms with Crippen molar-refractivity contribution in [1.29, 1.82) is 0 Å². The van der Waals surface area contributed by atoms with E-state index in [-0.39, 0.29) is 18.2 Å². The van der Waals surface area contributed by atoms with E-state index >= 15 is 0 Å². The molecule has 27 heavy (non-hydrogen) atoms. The van der Waals surface area contributed by atoms with Gasteiger partial charge >= 0.3 is 0 Å². The lowest BCUT2D eigenvalue weighted by Gasteiger charge is -2.23. The Labute approximate surface area is 162 Å². The van der Waals surface area contributed by atoms with Gasteiger partial charge in [-0.2, -0.15) is 0 Å². The van der Waals surface area contributed by atoms with Crippen molar-refractivity contribution in [2.24, 2.45) is 0 Å². The van der Waals surface area contributed by atoms with Crippen molar-refractivity contribution < 1.29 is 19.1 Å². The number of benzene rings is 2. The molecule has 0 saturated heterocycles. The Morgan fingerprint density at radius 2 is 2.04 bits per heavy atom. The van der Waals surface area contributed by atoms with Gasteiger partial charge in [-0.1, -0.05) is 18.2 Å². The van der Waals surface area contributed by atoms with Crippen LogP contribution in [0.4, 0.5) is 5.69 Å². The second-order valence-electron chi connectivity index (χ2n) is 5.99. The second kappa shape index (κ2) is 8.81. The van der Waals surface area contributed by atoms with E-state index in [9.17, 15) is 9.59 Å². The third-order valence-corrected chi connectivity index (χ3v) is 5.37. The summed E-state index contributed by atoms with van der Waals surface area (Å²) in [5.74, 6) is 0.984. The molecule has 6 nitrogen and oxygen atoms in total. The first kappa shape index (κ1) is 19.1. The first-order valence-electron chi connectivity index (χ1n) is 8.73. The molecule has 2 N–H and O–H groups in total. The van der Waals surface area contributed by atoms with Crippen LogP contribution in [0, 0.1) is 0 Å². The molecule has 1 heterocycles. The van der Waals surface area contributed by atoms with Gasteiger partial charge in [-0.05, 0) is 36.8 Å². The number of ether oxygens (including phenoxy) is 2. The van der Waals surface area contributed by atoms with Gasteiger partial charge in [-0.15, -0.1) is 11.8 Å². The van der Waals surface area contributed by atoms with E-state index in [2.05, 4.69) is 10.6 Å². The van der Waals surface area contributed by atoms with E-state index in [1.54, 1.807) is 7.11 Å². The van der Waals surface area contributed by atoms with E-state index in [0.29, 0.717) is 24.7 Å². The maximum atomic E-state index is 12.3. The predicted octanol–water partition coefficient (Wildman–Crippen LogP) is 3.21. The Balaban J connectivity index is 1.56. The summed E-state index contributed by atoms with van der Waals surface area (Å²) < 4.78 is 10.8. The van der Waals surface area contributed by atoms with Gasteiger partial charge in [0.15, 0.2) is 11.5 Å². The molecule has 7 heteroatoms. The lowest BCUT2D eigenvalue weighted by Crippen LogP contribution is -2.34. The largest absolute Gasteiger partial charge is 0.493 e. The molecule has 142 valence electrons. The molecule has 0 aromatic heterocycles. The maximum Gasteiger partial charge on any atom is 0.238 e. The fraction of sp³-hybridized carbons (Fsp3) is 0.300. The Bertz CT molecular complexity index is 840. The summed E-state index contributed by atoms with van der Waals surface area (Å²) in [4.78, 5) is 25.5. The molecule has 0 radical (unpaired) electrons. The third kappa shape index (κ3) is 4.74. The Morgan fingerprint density at radius 3 is 2.81 bits per heavy atom. The number of para-hydroxylation sites is 1. The van der Waals surface area contributed by atoms with E-state index in [4.69, 9.17) is 9.47 Å². The number of thioether (sulfide) groups is 1. The van der Waals surface area contributed by atoms with Gasteiger partial charge in [0.25, 0.3) is 0 Å². The van der Waals surface area contributed by atoms with Gasteiger partial charge in [0, 0.05) is 17.9 Å². The molecule has 1 unspecified atom stereocenters. The Hall–Kier alpha value is -2.67. The third-order valence-electron chi connectivity index (χ3n) is 4.09. The first-order chi connectivity index (χ1) is 13.1. The zero-order chi connectivity index (χ0) is 19.2. The summed E-state index contributed by atoms with van der Waals surface area (Å²) >= 11 is 1.42.